The molecule has 2 N–H and O–H groups in total. The fraction of sp³-hybridized carbons (Fsp3) is 0.417. The lowest BCUT2D eigenvalue weighted by Gasteiger charge is -2.32. The quantitative estimate of drug-likeness (QED) is 0.730. The second-order valence-electron chi connectivity index (χ2n) is 4.84. The fourth-order valence-electron chi connectivity index (χ4n) is 2.44. The Kier molecular flexibility index (Phi) is 4.02. The highest BCUT2D eigenvalue weighted by Crippen LogP contribution is 2.46. The third-order valence-corrected chi connectivity index (χ3v) is 4.71. The number of anilines is 1. The van der Waals surface area contributed by atoms with Gasteiger partial charge in [0.25, 0.3) is 0 Å². The van der Waals surface area contributed by atoms with Gasteiger partial charge in [-0.2, -0.15) is 18.3 Å². The molecule has 0 fully saturated rings. The number of aromatic nitrogens is 2. The molecule has 120 valence electrons. The van der Waals surface area contributed by atoms with Crippen LogP contribution in [0.1, 0.15) is 30.0 Å². The van der Waals surface area contributed by atoms with Gasteiger partial charge in [-0.05, 0) is 44.0 Å². The van der Waals surface area contributed by atoms with Gasteiger partial charge in [-0.1, -0.05) is 0 Å². The highest BCUT2D eigenvalue weighted by molar-refractivity contribution is 9.10. The Morgan fingerprint density at radius 1 is 1.41 bits per heavy atom. The van der Waals surface area contributed by atoms with Crippen molar-refractivity contribution in [1.82, 2.24) is 9.78 Å². The summed E-state index contributed by atoms with van der Waals surface area (Å²) >= 11 is 6.32. The van der Waals surface area contributed by atoms with Gasteiger partial charge in [-0.15, -0.1) is 0 Å². The first-order valence-corrected chi connectivity index (χ1v) is 7.86. The molecule has 3 heterocycles. The van der Waals surface area contributed by atoms with Gasteiger partial charge in [0.1, 0.15) is 17.3 Å². The molecule has 2 aromatic heterocycles. The molecule has 5 nitrogen and oxygen atoms in total. The Labute approximate surface area is 139 Å². The van der Waals surface area contributed by atoms with Crippen LogP contribution in [-0.2, 0) is 6.61 Å². The maximum atomic E-state index is 13.4. The molecule has 0 unspecified atom stereocenters. The number of halogens is 5. The molecule has 0 bridgehead atoms. The summed E-state index contributed by atoms with van der Waals surface area (Å²) < 4.78 is 47.1. The van der Waals surface area contributed by atoms with Gasteiger partial charge in [0.2, 0.25) is 0 Å². The standard InChI is InChI=1S/C12H10Br2F3N3O2/c13-9-2-1-7(22-9)5-3-8(12(15,16)17)20-11(18-5)10(14)6(4-21)19-20/h1-2,5,8,18,21H,3-4H2/t5-,8-/m1/s1. The summed E-state index contributed by atoms with van der Waals surface area (Å²) in [4.78, 5) is 0. The third kappa shape index (κ3) is 2.67. The number of hydrogen-bond acceptors (Lipinski definition) is 4. The minimum atomic E-state index is -4.46. The topological polar surface area (TPSA) is 63.2 Å². The number of aliphatic hydroxyl groups excluding tert-OH is 1. The summed E-state index contributed by atoms with van der Waals surface area (Å²) in [5, 5.41) is 16.0. The van der Waals surface area contributed by atoms with E-state index in [9.17, 15) is 18.3 Å². The average molecular weight is 445 g/mol. The minimum Gasteiger partial charge on any atom is -0.452 e. The average Bonchev–Trinajstić information content (AvgIpc) is 3.01. The molecule has 0 amide bonds. The minimum absolute atomic E-state index is 0.151. The van der Waals surface area contributed by atoms with E-state index in [-0.39, 0.29) is 17.9 Å². The Bertz CT molecular complexity index is 698. The van der Waals surface area contributed by atoms with Gasteiger partial charge in [0, 0.05) is 6.42 Å². The largest absolute Gasteiger partial charge is 0.452 e. The molecule has 10 heteroatoms. The summed E-state index contributed by atoms with van der Waals surface area (Å²) in [5.74, 6) is 0.571. The first kappa shape index (κ1) is 15.9. The van der Waals surface area contributed by atoms with Gasteiger partial charge in [-0.3, -0.25) is 0 Å². The van der Waals surface area contributed by atoms with Crippen molar-refractivity contribution in [3.8, 4) is 0 Å². The Morgan fingerprint density at radius 2 is 2.14 bits per heavy atom. The monoisotopic (exact) mass is 443 g/mol. The van der Waals surface area contributed by atoms with E-state index >= 15 is 0 Å². The highest BCUT2D eigenvalue weighted by atomic mass is 79.9. The zero-order valence-electron chi connectivity index (χ0n) is 10.9. The second kappa shape index (κ2) is 5.57. The molecule has 3 rings (SSSR count). The number of rotatable bonds is 2. The van der Waals surface area contributed by atoms with Crippen LogP contribution in [-0.4, -0.2) is 21.1 Å². The van der Waals surface area contributed by atoms with Crippen molar-refractivity contribution in [2.24, 2.45) is 0 Å². The fourth-order valence-corrected chi connectivity index (χ4v) is 3.26. The van der Waals surface area contributed by atoms with Crippen LogP contribution in [0.4, 0.5) is 19.0 Å². The molecule has 0 saturated carbocycles. The van der Waals surface area contributed by atoms with Crippen molar-refractivity contribution in [2.45, 2.75) is 31.3 Å². The van der Waals surface area contributed by atoms with E-state index in [2.05, 4.69) is 42.3 Å². The summed E-state index contributed by atoms with van der Waals surface area (Å²) in [6, 6.07) is 0.793. The first-order chi connectivity index (χ1) is 10.3. The summed E-state index contributed by atoms with van der Waals surface area (Å²) in [7, 11) is 0. The lowest BCUT2D eigenvalue weighted by Crippen LogP contribution is -2.35. The van der Waals surface area contributed by atoms with Crippen molar-refractivity contribution in [2.75, 3.05) is 5.32 Å². The maximum Gasteiger partial charge on any atom is 0.410 e. The number of alkyl halides is 3. The number of hydrogen-bond donors (Lipinski definition) is 2. The molecule has 1 aliphatic rings. The highest BCUT2D eigenvalue weighted by Gasteiger charge is 2.47. The molecular formula is C12H10Br2F3N3O2. The second-order valence-corrected chi connectivity index (χ2v) is 6.42. The molecule has 0 spiro atoms. The lowest BCUT2D eigenvalue weighted by molar-refractivity contribution is -0.174. The van der Waals surface area contributed by atoms with Crippen LogP contribution in [0.25, 0.3) is 0 Å². The van der Waals surface area contributed by atoms with E-state index in [1.54, 1.807) is 12.1 Å². The van der Waals surface area contributed by atoms with Crippen molar-refractivity contribution >= 4 is 37.7 Å². The molecular weight excluding hydrogens is 435 g/mol. The van der Waals surface area contributed by atoms with Crippen LogP contribution < -0.4 is 5.32 Å². The van der Waals surface area contributed by atoms with Crippen LogP contribution in [0.5, 0.6) is 0 Å². The summed E-state index contributed by atoms with van der Waals surface area (Å²) in [5.41, 5.74) is 0.151. The normalized spacial score (nSPS) is 21.5. The van der Waals surface area contributed by atoms with Gasteiger partial charge >= 0.3 is 6.18 Å². The van der Waals surface area contributed by atoms with Crippen molar-refractivity contribution in [3.63, 3.8) is 0 Å². The van der Waals surface area contributed by atoms with E-state index in [1.807, 2.05) is 0 Å². The van der Waals surface area contributed by atoms with Crippen molar-refractivity contribution in [1.29, 1.82) is 0 Å². The van der Waals surface area contributed by atoms with Crippen LogP contribution in [0.2, 0.25) is 0 Å². The van der Waals surface area contributed by atoms with E-state index in [4.69, 9.17) is 4.42 Å². The predicted molar refractivity (Wildman–Crippen MR) is 78.3 cm³/mol. The molecule has 2 atom stereocenters. The van der Waals surface area contributed by atoms with Crippen LogP contribution in [0, 0.1) is 0 Å². The molecule has 1 aliphatic heterocycles. The van der Waals surface area contributed by atoms with Crippen LogP contribution in [0.15, 0.2) is 25.7 Å². The van der Waals surface area contributed by atoms with E-state index in [0.29, 0.717) is 14.9 Å². The maximum absolute atomic E-state index is 13.4. The number of fused-ring (bicyclic) bond motifs is 1. The van der Waals surface area contributed by atoms with E-state index in [1.165, 1.54) is 0 Å². The van der Waals surface area contributed by atoms with Crippen LogP contribution in [0.3, 0.4) is 0 Å². The lowest BCUT2D eigenvalue weighted by atomic mass is 10.0. The molecule has 22 heavy (non-hydrogen) atoms. The smallest absolute Gasteiger partial charge is 0.410 e. The summed E-state index contributed by atoms with van der Waals surface area (Å²) in [6.45, 7) is -0.455. The van der Waals surface area contributed by atoms with Gasteiger partial charge in [-0.25, -0.2) is 4.68 Å². The van der Waals surface area contributed by atoms with Crippen molar-refractivity contribution in [3.05, 3.63) is 32.7 Å². The number of nitrogens with one attached hydrogen (secondary N) is 1. The van der Waals surface area contributed by atoms with Gasteiger partial charge in [0.05, 0.1) is 17.1 Å². The molecule has 0 aliphatic carbocycles. The van der Waals surface area contributed by atoms with E-state index < -0.39 is 24.9 Å². The van der Waals surface area contributed by atoms with E-state index in [0.717, 1.165) is 4.68 Å². The zero-order chi connectivity index (χ0) is 16.1. The third-order valence-electron chi connectivity index (χ3n) is 3.45. The SMILES string of the molecule is OCc1nn2c(c1Br)N[C@@H](c1ccc(Br)o1)C[C@@H]2C(F)(F)F. The van der Waals surface area contributed by atoms with Crippen LogP contribution >= 0.6 is 31.9 Å². The molecule has 0 aromatic carbocycles. The predicted octanol–water partition coefficient (Wildman–Crippen LogP) is 4.15. The molecule has 0 saturated heterocycles. The molecule has 2 aromatic rings. The van der Waals surface area contributed by atoms with Crippen molar-refractivity contribution < 1.29 is 22.7 Å². The number of aliphatic hydroxyl groups is 1. The number of furan rings is 1. The Hall–Kier alpha value is -1.00. The Morgan fingerprint density at radius 3 is 2.68 bits per heavy atom. The Balaban J connectivity index is 2.06. The first-order valence-electron chi connectivity index (χ1n) is 6.27. The van der Waals surface area contributed by atoms with Gasteiger partial charge < -0.3 is 14.8 Å². The molecule has 0 radical (unpaired) electrons. The number of nitrogens with zero attached hydrogens (tertiary/aromatic N) is 2. The summed E-state index contributed by atoms with van der Waals surface area (Å²) in [6.07, 6.45) is -4.72. The van der Waals surface area contributed by atoms with Gasteiger partial charge in [0.15, 0.2) is 10.7 Å². The zero-order valence-corrected chi connectivity index (χ0v) is 14.0.